The predicted molar refractivity (Wildman–Crippen MR) is 115 cm³/mol. The smallest absolute Gasteiger partial charge is 0.257 e. The molecule has 0 fully saturated rings. The number of benzene rings is 2. The van der Waals surface area contributed by atoms with Crippen molar-refractivity contribution in [3.63, 3.8) is 0 Å². The molecule has 2 aromatic heterocycles. The van der Waals surface area contributed by atoms with Crippen molar-refractivity contribution in [3.05, 3.63) is 94.1 Å². The summed E-state index contributed by atoms with van der Waals surface area (Å²) in [6.45, 7) is 2.02. The zero-order chi connectivity index (χ0) is 20.0. The first-order chi connectivity index (χ1) is 14.1. The van der Waals surface area contributed by atoms with Crippen molar-refractivity contribution in [2.75, 3.05) is 5.32 Å². The second kappa shape index (κ2) is 6.83. The summed E-state index contributed by atoms with van der Waals surface area (Å²) in [6.07, 6.45) is 3.42. The topological polar surface area (TPSA) is 71.1 Å². The van der Waals surface area contributed by atoms with E-state index in [9.17, 15) is 9.59 Å². The average molecular weight is 399 g/mol. The van der Waals surface area contributed by atoms with Crippen molar-refractivity contribution in [1.82, 2.24) is 10.3 Å². The van der Waals surface area contributed by atoms with Gasteiger partial charge in [0.2, 0.25) is 0 Å². The van der Waals surface area contributed by atoms with Gasteiger partial charge in [0.15, 0.2) is 0 Å². The molecule has 1 aliphatic heterocycles. The third kappa shape index (κ3) is 2.89. The number of nitrogens with one attached hydrogen (secondary N) is 2. The van der Waals surface area contributed by atoms with Crippen molar-refractivity contribution in [3.8, 4) is 0 Å². The van der Waals surface area contributed by atoms with Crippen LogP contribution in [0.3, 0.4) is 0 Å². The Morgan fingerprint density at radius 3 is 2.86 bits per heavy atom. The van der Waals surface area contributed by atoms with E-state index in [1.54, 1.807) is 24.5 Å². The summed E-state index contributed by atoms with van der Waals surface area (Å²) in [4.78, 5) is 29.8. The highest BCUT2D eigenvalue weighted by Gasteiger charge is 2.33. The molecular formula is C23H17N3O2S. The van der Waals surface area contributed by atoms with Gasteiger partial charge in [-0.05, 0) is 36.2 Å². The van der Waals surface area contributed by atoms with E-state index in [0.717, 1.165) is 26.8 Å². The van der Waals surface area contributed by atoms with E-state index in [1.165, 1.54) is 11.3 Å². The quantitative estimate of drug-likeness (QED) is 0.525. The molecule has 0 bridgehead atoms. The van der Waals surface area contributed by atoms with Crippen molar-refractivity contribution < 1.29 is 9.59 Å². The number of aryl methyl sites for hydroxylation is 1. The lowest BCUT2D eigenvalue weighted by atomic mass is 9.93. The molecule has 0 saturated carbocycles. The van der Waals surface area contributed by atoms with Gasteiger partial charge in [-0.1, -0.05) is 30.3 Å². The number of carbonyl (C=O) groups excluding carboxylic acids is 2. The highest BCUT2D eigenvalue weighted by molar-refractivity contribution is 7.17. The van der Waals surface area contributed by atoms with Gasteiger partial charge in [-0.25, -0.2) is 0 Å². The minimum absolute atomic E-state index is 0.130. The molecule has 1 unspecified atom stereocenters. The van der Waals surface area contributed by atoms with Gasteiger partial charge >= 0.3 is 0 Å². The lowest BCUT2D eigenvalue weighted by Crippen LogP contribution is -2.21. The van der Waals surface area contributed by atoms with Crippen LogP contribution in [0.2, 0.25) is 0 Å². The number of amides is 2. The maximum Gasteiger partial charge on any atom is 0.257 e. The van der Waals surface area contributed by atoms with E-state index in [-0.39, 0.29) is 17.9 Å². The maximum absolute atomic E-state index is 13.0. The molecule has 5 rings (SSSR count). The third-order valence-corrected chi connectivity index (χ3v) is 6.25. The summed E-state index contributed by atoms with van der Waals surface area (Å²) < 4.78 is 1.01. The molecule has 5 nitrogen and oxygen atoms in total. The van der Waals surface area contributed by atoms with Crippen LogP contribution in [0.5, 0.6) is 0 Å². The van der Waals surface area contributed by atoms with Crippen molar-refractivity contribution >= 4 is 38.9 Å². The molecule has 3 heterocycles. The molecule has 0 radical (unpaired) electrons. The Morgan fingerprint density at radius 1 is 1.14 bits per heavy atom. The Balaban J connectivity index is 1.57. The molecule has 142 valence electrons. The monoisotopic (exact) mass is 399 g/mol. The fourth-order valence-electron chi connectivity index (χ4n) is 3.85. The summed E-state index contributed by atoms with van der Waals surface area (Å²) in [6, 6.07) is 15.0. The van der Waals surface area contributed by atoms with Crippen LogP contribution in [0.15, 0.2) is 66.3 Å². The van der Waals surface area contributed by atoms with Gasteiger partial charge in [0.1, 0.15) is 0 Å². The minimum atomic E-state index is -0.295. The van der Waals surface area contributed by atoms with E-state index < -0.39 is 0 Å². The van der Waals surface area contributed by atoms with Crippen molar-refractivity contribution in [2.45, 2.75) is 13.0 Å². The van der Waals surface area contributed by atoms with Crippen LogP contribution in [0.1, 0.15) is 43.4 Å². The SMILES string of the molecule is Cc1ccccc1C1NC(=O)c2cccc(NC(=O)c3csc4ccncc34)c21. The first-order valence-corrected chi connectivity index (χ1v) is 10.1. The molecule has 2 N–H and O–H groups in total. The first-order valence-electron chi connectivity index (χ1n) is 9.25. The number of hydrogen-bond acceptors (Lipinski definition) is 4. The summed E-state index contributed by atoms with van der Waals surface area (Å²) in [5.41, 5.74) is 4.72. The molecule has 1 atom stereocenters. The van der Waals surface area contributed by atoms with Crippen LogP contribution in [0.4, 0.5) is 5.69 Å². The Morgan fingerprint density at radius 2 is 2.00 bits per heavy atom. The van der Waals surface area contributed by atoms with E-state index >= 15 is 0 Å². The lowest BCUT2D eigenvalue weighted by molar-refractivity contribution is 0.0959. The molecular weight excluding hydrogens is 382 g/mol. The highest BCUT2D eigenvalue weighted by Crippen LogP contribution is 2.38. The van der Waals surface area contributed by atoms with Crippen LogP contribution < -0.4 is 10.6 Å². The Labute approximate surface area is 171 Å². The van der Waals surface area contributed by atoms with Crippen LogP contribution in [0.25, 0.3) is 10.1 Å². The molecule has 2 aromatic carbocycles. The van der Waals surface area contributed by atoms with Gasteiger partial charge in [0.05, 0.1) is 11.6 Å². The highest BCUT2D eigenvalue weighted by atomic mass is 32.1. The maximum atomic E-state index is 13.0. The number of pyridine rings is 1. The van der Waals surface area contributed by atoms with Gasteiger partial charge in [-0.15, -0.1) is 11.3 Å². The fourth-order valence-corrected chi connectivity index (χ4v) is 4.75. The molecule has 6 heteroatoms. The second-order valence-corrected chi connectivity index (χ2v) is 7.92. The standard InChI is InChI=1S/C23H17N3O2S/c1-13-5-2-3-6-14(13)21-20-15(22(27)26-21)7-4-8-18(20)25-23(28)17-12-29-19-9-10-24-11-16(17)19/h2-12,21H,1H3,(H,25,28)(H,26,27). The van der Waals surface area contributed by atoms with Crippen molar-refractivity contribution in [1.29, 1.82) is 0 Å². The molecule has 29 heavy (non-hydrogen) atoms. The number of aromatic nitrogens is 1. The van der Waals surface area contributed by atoms with Gasteiger partial charge < -0.3 is 10.6 Å². The van der Waals surface area contributed by atoms with Crippen LogP contribution in [-0.2, 0) is 0 Å². The first kappa shape index (κ1) is 17.6. The second-order valence-electron chi connectivity index (χ2n) is 7.01. The third-order valence-electron chi connectivity index (χ3n) is 5.28. The summed E-state index contributed by atoms with van der Waals surface area (Å²) in [5, 5.41) is 8.75. The Bertz CT molecular complexity index is 1280. The van der Waals surface area contributed by atoms with Crippen LogP contribution in [-0.4, -0.2) is 16.8 Å². The predicted octanol–water partition coefficient (Wildman–Crippen LogP) is 4.69. The number of thiophene rings is 1. The van der Waals surface area contributed by atoms with Gasteiger partial charge in [-0.3, -0.25) is 14.6 Å². The number of hydrogen-bond donors (Lipinski definition) is 2. The number of fused-ring (bicyclic) bond motifs is 2. The Kier molecular flexibility index (Phi) is 4.14. The van der Waals surface area contributed by atoms with Gasteiger partial charge in [-0.2, -0.15) is 0 Å². The summed E-state index contributed by atoms with van der Waals surface area (Å²) in [7, 11) is 0. The van der Waals surface area contributed by atoms with E-state index in [4.69, 9.17) is 0 Å². The molecule has 4 aromatic rings. The number of anilines is 1. The molecule has 0 aliphatic carbocycles. The lowest BCUT2D eigenvalue weighted by Gasteiger charge is -2.18. The molecule has 2 amide bonds. The fraction of sp³-hybridized carbons (Fsp3) is 0.0870. The van der Waals surface area contributed by atoms with E-state index in [1.807, 2.05) is 48.7 Å². The van der Waals surface area contributed by atoms with Gasteiger partial charge in [0, 0.05) is 44.7 Å². The Hall–Kier alpha value is -3.51. The summed E-state index contributed by atoms with van der Waals surface area (Å²) >= 11 is 1.51. The minimum Gasteiger partial charge on any atom is -0.341 e. The summed E-state index contributed by atoms with van der Waals surface area (Å²) in [5.74, 6) is -0.338. The average Bonchev–Trinajstić information content (AvgIpc) is 3.31. The number of nitrogens with zero attached hydrogens (tertiary/aromatic N) is 1. The zero-order valence-electron chi connectivity index (χ0n) is 15.6. The normalized spacial score (nSPS) is 15.2. The zero-order valence-corrected chi connectivity index (χ0v) is 16.4. The van der Waals surface area contributed by atoms with Crippen LogP contribution in [0, 0.1) is 6.92 Å². The van der Waals surface area contributed by atoms with E-state index in [2.05, 4.69) is 15.6 Å². The van der Waals surface area contributed by atoms with Crippen LogP contribution >= 0.6 is 11.3 Å². The van der Waals surface area contributed by atoms with E-state index in [0.29, 0.717) is 16.8 Å². The molecule has 1 aliphatic rings. The number of rotatable bonds is 3. The molecule has 0 saturated heterocycles. The van der Waals surface area contributed by atoms with Gasteiger partial charge in [0.25, 0.3) is 11.8 Å². The number of carbonyl (C=O) groups is 2. The largest absolute Gasteiger partial charge is 0.341 e. The molecule has 0 spiro atoms. The van der Waals surface area contributed by atoms with Crippen molar-refractivity contribution in [2.24, 2.45) is 0 Å².